The Hall–Kier alpha value is -0.370. The van der Waals surface area contributed by atoms with Gasteiger partial charge in [-0.3, -0.25) is 9.69 Å². The standard InChI is InChI=1S/C17H29N3O2S.2ClH/c1-4-20(5-2)15(14-6-11-23-13-14)12-19-16(21)17(22-3)7-9-18-10-8-17;;/h6,11,13,15,18H,4-5,7-10,12H2,1-3H3,(H,19,21);2*1H. The van der Waals surface area contributed by atoms with Crippen LogP contribution >= 0.6 is 36.2 Å². The molecule has 1 fully saturated rings. The molecule has 1 amide bonds. The van der Waals surface area contributed by atoms with Crippen molar-refractivity contribution in [2.24, 2.45) is 0 Å². The van der Waals surface area contributed by atoms with Gasteiger partial charge in [0.25, 0.3) is 5.91 Å². The zero-order valence-corrected chi connectivity index (χ0v) is 17.7. The molecule has 1 aliphatic heterocycles. The molecule has 0 aromatic carbocycles. The molecule has 1 aromatic heterocycles. The minimum Gasteiger partial charge on any atom is -0.368 e. The van der Waals surface area contributed by atoms with Crippen LogP contribution in [0.15, 0.2) is 16.8 Å². The van der Waals surface area contributed by atoms with Gasteiger partial charge in [-0.25, -0.2) is 0 Å². The molecule has 0 saturated carbocycles. The lowest BCUT2D eigenvalue weighted by molar-refractivity contribution is -0.147. The number of amides is 1. The van der Waals surface area contributed by atoms with Crippen molar-refractivity contribution < 1.29 is 9.53 Å². The quantitative estimate of drug-likeness (QED) is 0.690. The number of hydrogen-bond donors (Lipinski definition) is 2. The second kappa shape index (κ2) is 12.1. The molecule has 2 rings (SSSR count). The zero-order chi connectivity index (χ0) is 16.7. The number of nitrogens with one attached hydrogen (secondary N) is 2. The second-order valence-corrected chi connectivity index (χ2v) is 6.73. The van der Waals surface area contributed by atoms with E-state index < -0.39 is 5.60 Å². The highest BCUT2D eigenvalue weighted by molar-refractivity contribution is 7.07. The Morgan fingerprint density at radius 1 is 1.36 bits per heavy atom. The predicted octanol–water partition coefficient (Wildman–Crippen LogP) is 2.86. The third-order valence-corrected chi connectivity index (χ3v) is 5.55. The van der Waals surface area contributed by atoms with Gasteiger partial charge in [0.1, 0.15) is 5.60 Å². The second-order valence-electron chi connectivity index (χ2n) is 5.95. The molecule has 8 heteroatoms. The molecule has 1 atom stereocenters. The van der Waals surface area contributed by atoms with Gasteiger partial charge in [0.2, 0.25) is 0 Å². The molecule has 25 heavy (non-hydrogen) atoms. The van der Waals surface area contributed by atoms with Crippen LogP contribution in [0, 0.1) is 0 Å². The molecule has 0 spiro atoms. The van der Waals surface area contributed by atoms with Crippen molar-refractivity contribution in [3.8, 4) is 0 Å². The summed E-state index contributed by atoms with van der Waals surface area (Å²) in [5.74, 6) is 0.0221. The molecule has 0 bridgehead atoms. The van der Waals surface area contributed by atoms with Gasteiger partial charge in [0.05, 0.1) is 6.04 Å². The lowest BCUT2D eigenvalue weighted by atomic mass is 9.91. The maximum absolute atomic E-state index is 12.7. The number of halogens is 2. The molecule has 1 aromatic rings. The van der Waals surface area contributed by atoms with Crippen molar-refractivity contribution in [3.63, 3.8) is 0 Å². The van der Waals surface area contributed by atoms with Crippen LogP contribution in [0.25, 0.3) is 0 Å². The average molecular weight is 412 g/mol. The smallest absolute Gasteiger partial charge is 0.252 e. The van der Waals surface area contributed by atoms with Gasteiger partial charge >= 0.3 is 0 Å². The third kappa shape index (κ3) is 6.08. The number of carbonyl (C=O) groups excluding carboxylic acids is 1. The SMILES string of the molecule is CCN(CC)C(CNC(=O)C1(OC)CCNCC1)c1ccsc1.Cl.Cl. The lowest BCUT2D eigenvalue weighted by Gasteiger charge is -2.36. The highest BCUT2D eigenvalue weighted by atomic mass is 35.5. The summed E-state index contributed by atoms with van der Waals surface area (Å²) in [6, 6.07) is 2.37. The van der Waals surface area contributed by atoms with Crippen LogP contribution in [0.1, 0.15) is 38.3 Å². The molecular formula is C17H31Cl2N3O2S. The van der Waals surface area contributed by atoms with Gasteiger partial charge in [0, 0.05) is 13.7 Å². The van der Waals surface area contributed by atoms with Gasteiger partial charge in [-0.2, -0.15) is 11.3 Å². The fraction of sp³-hybridized carbons (Fsp3) is 0.706. The van der Waals surface area contributed by atoms with E-state index in [4.69, 9.17) is 4.74 Å². The summed E-state index contributed by atoms with van der Waals surface area (Å²) in [6.45, 7) is 8.52. The van der Waals surface area contributed by atoms with Gasteiger partial charge in [0.15, 0.2) is 0 Å². The maximum atomic E-state index is 12.7. The third-order valence-electron chi connectivity index (χ3n) is 4.85. The number of methoxy groups -OCH3 is 1. The summed E-state index contributed by atoms with van der Waals surface area (Å²) >= 11 is 1.70. The minimum atomic E-state index is -0.673. The van der Waals surface area contributed by atoms with E-state index in [2.05, 4.69) is 46.2 Å². The Morgan fingerprint density at radius 2 is 2.00 bits per heavy atom. The van der Waals surface area contributed by atoms with Crippen LogP contribution in [0.5, 0.6) is 0 Å². The minimum absolute atomic E-state index is 0. The van der Waals surface area contributed by atoms with Crippen molar-refractivity contribution in [3.05, 3.63) is 22.4 Å². The van der Waals surface area contributed by atoms with E-state index >= 15 is 0 Å². The number of carbonyl (C=O) groups is 1. The predicted molar refractivity (Wildman–Crippen MR) is 109 cm³/mol. The normalized spacial score (nSPS) is 17.3. The molecule has 2 N–H and O–H groups in total. The van der Waals surface area contributed by atoms with Gasteiger partial charge in [-0.05, 0) is 61.4 Å². The first-order valence-electron chi connectivity index (χ1n) is 8.47. The first kappa shape index (κ1) is 24.6. The topological polar surface area (TPSA) is 53.6 Å². The van der Waals surface area contributed by atoms with Crippen molar-refractivity contribution >= 4 is 42.1 Å². The summed E-state index contributed by atoms with van der Waals surface area (Å²) in [6.07, 6.45) is 1.45. The summed E-state index contributed by atoms with van der Waals surface area (Å²) in [7, 11) is 1.64. The van der Waals surface area contributed by atoms with E-state index in [1.165, 1.54) is 5.56 Å². The fourth-order valence-electron chi connectivity index (χ4n) is 3.29. The van der Waals surface area contributed by atoms with Crippen molar-refractivity contribution in [1.29, 1.82) is 0 Å². The monoisotopic (exact) mass is 411 g/mol. The van der Waals surface area contributed by atoms with Crippen LogP contribution in [0.2, 0.25) is 0 Å². The highest BCUT2D eigenvalue weighted by Gasteiger charge is 2.39. The summed E-state index contributed by atoms with van der Waals surface area (Å²) in [4.78, 5) is 15.1. The van der Waals surface area contributed by atoms with E-state index in [-0.39, 0.29) is 36.8 Å². The molecule has 0 radical (unpaired) electrons. The summed E-state index contributed by atoms with van der Waals surface area (Å²) in [5, 5.41) is 10.7. The molecule has 5 nitrogen and oxygen atoms in total. The number of piperidine rings is 1. The largest absolute Gasteiger partial charge is 0.368 e. The first-order valence-corrected chi connectivity index (χ1v) is 9.41. The molecule has 146 valence electrons. The van der Waals surface area contributed by atoms with Crippen LogP contribution in [-0.4, -0.2) is 56.2 Å². The maximum Gasteiger partial charge on any atom is 0.252 e. The Morgan fingerprint density at radius 3 is 2.48 bits per heavy atom. The molecule has 1 saturated heterocycles. The number of hydrogen-bond acceptors (Lipinski definition) is 5. The van der Waals surface area contributed by atoms with Crippen molar-refractivity contribution in [1.82, 2.24) is 15.5 Å². The molecule has 0 aliphatic carbocycles. The van der Waals surface area contributed by atoms with E-state index in [1.54, 1.807) is 18.4 Å². The van der Waals surface area contributed by atoms with Gasteiger partial charge in [-0.15, -0.1) is 24.8 Å². The lowest BCUT2D eigenvalue weighted by Crippen LogP contribution is -2.55. The summed E-state index contributed by atoms with van der Waals surface area (Å²) < 4.78 is 5.61. The number of nitrogens with zero attached hydrogens (tertiary/aromatic N) is 1. The Kier molecular flexibility index (Phi) is 11.9. The van der Waals surface area contributed by atoms with E-state index in [0.717, 1.165) is 39.0 Å². The van der Waals surface area contributed by atoms with E-state index in [9.17, 15) is 4.79 Å². The Balaban J connectivity index is 0.00000288. The van der Waals surface area contributed by atoms with Crippen LogP contribution < -0.4 is 10.6 Å². The number of likely N-dealkylation sites (N-methyl/N-ethyl adjacent to an activating group) is 1. The number of ether oxygens (including phenoxy) is 1. The molecule has 2 heterocycles. The Labute approximate surface area is 167 Å². The summed E-state index contributed by atoms with van der Waals surface area (Å²) in [5.41, 5.74) is 0.601. The van der Waals surface area contributed by atoms with Gasteiger partial charge in [-0.1, -0.05) is 13.8 Å². The van der Waals surface area contributed by atoms with Crippen LogP contribution in [-0.2, 0) is 9.53 Å². The van der Waals surface area contributed by atoms with Crippen molar-refractivity contribution in [2.75, 3.05) is 39.8 Å². The van der Waals surface area contributed by atoms with Crippen LogP contribution in [0.3, 0.4) is 0 Å². The van der Waals surface area contributed by atoms with Gasteiger partial charge < -0.3 is 15.4 Å². The van der Waals surface area contributed by atoms with Crippen molar-refractivity contribution in [2.45, 2.75) is 38.3 Å². The zero-order valence-electron chi connectivity index (χ0n) is 15.2. The van der Waals surface area contributed by atoms with E-state index in [0.29, 0.717) is 6.54 Å². The molecule has 1 unspecified atom stereocenters. The molecular weight excluding hydrogens is 381 g/mol. The Bertz CT molecular complexity index is 478. The first-order chi connectivity index (χ1) is 11.2. The molecule has 1 aliphatic rings. The average Bonchev–Trinajstić information content (AvgIpc) is 3.13. The highest BCUT2D eigenvalue weighted by Crippen LogP contribution is 2.25. The van der Waals surface area contributed by atoms with Crippen LogP contribution in [0.4, 0.5) is 0 Å². The van der Waals surface area contributed by atoms with E-state index in [1.807, 2.05) is 0 Å². The number of thiophene rings is 1. The number of rotatable bonds is 8. The fourth-order valence-corrected chi connectivity index (χ4v) is 4.00.